The molecule has 10 heteroatoms. The van der Waals surface area contributed by atoms with Gasteiger partial charge in [-0.1, -0.05) is 17.7 Å². The fourth-order valence-corrected chi connectivity index (χ4v) is 4.63. The van der Waals surface area contributed by atoms with Crippen LogP contribution in [0.3, 0.4) is 0 Å². The number of hydrogen-bond donors (Lipinski definition) is 0. The van der Waals surface area contributed by atoms with Crippen LogP contribution < -0.4 is 0 Å². The minimum Gasteiger partial charge on any atom is -0.462 e. The largest absolute Gasteiger partial charge is 0.462 e. The molecule has 0 aromatic carbocycles. The Kier molecular flexibility index (Phi) is 11.0. The third kappa shape index (κ3) is 9.00. The lowest BCUT2D eigenvalue weighted by molar-refractivity contribution is -0.182. The summed E-state index contributed by atoms with van der Waals surface area (Å²) in [5, 5.41) is 0. The number of fused-ring (bicyclic) bond motifs is 1. The highest BCUT2D eigenvalue weighted by Gasteiger charge is 2.45. The van der Waals surface area contributed by atoms with Crippen molar-refractivity contribution in [3.05, 3.63) is 47.3 Å². The average Bonchev–Trinajstić information content (AvgIpc) is 2.83. The molecule has 1 aliphatic heterocycles. The fourth-order valence-electron chi connectivity index (χ4n) is 4.63. The standard InChI is InChI=1S/C28H36O10/c1-15(2)10-25(36-18(5)30)27(37-19(6)31)24-14-35-28(38-20(7)32)26-16(3)11-22(33)12-21(8-9-23(24)26)13-34-17(4)29/h10,12,14,23,25-28H,3,8-9,11,13H2,1-2,4-7H3. The van der Waals surface area contributed by atoms with Crippen molar-refractivity contribution >= 4 is 29.7 Å². The van der Waals surface area contributed by atoms with Crippen molar-refractivity contribution in [1.82, 2.24) is 0 Å². The Morgan fingerprint density at radius 2 is 1.68 bits per heavy atom. The Balaban J connectivity index is 2.63. The fraction of sp³-hybridized carbons (Fsp3) is 0.536. The molecular weight excluding hydrogens is 496 g/mol. The van der Waals surface area contributed by atoms with Gasteiger partial charge in [-0.2, -0.15) is 0 Å². The number of allylic oxidation sites excluding steroid dienone is 2. The molecule has 2 aliphatic rings. The van der Waals surface area contributed by atoms with Gasteiger partial charge in [0.1, 0.15) is 6.61 Å². The summed E-state index contributed by atoms with van der Waals surface area (Å²) >= 11 is 0. The first kappa shape index (κ1) is 30.5. The van der Waals surface area contributed by atoms with Crippen LogP contribution in [0.2, 0.25) is 0 Å². The monoisotopic (exact) mass is 532 g/mol. The van der Waals surface area contributed by atoms with Crippen molar-refractivity contribution in [2.24, 2.45) is 11.8 Å². The van der Waals surface area contributed by atoms with Crippen LogP contribution >= 0.6 is 0 Å². The van der Waals surface area contributed by atoms with E-state index in [1.807, 2.05) is 13.8 Å². The van der Waals surface area contributed by atoms with Gasteiger partial charge in [0.25, 0.3) is 0 Å². The highest BCUT2D eigenvalue weighted by molar-refractivity contribution is 5.92. The highest BCUT2D eigenvalue weighted by Crippen LogP contribution is 2.43. The second-order valence-corrected chi connectivity index (χ2v) is 9.63. The van der Waals surface area contributed by atoms with E-state index in [4.69, 9.17) is 23.7 Å². The normalized spacial score (nSPS) is 22.8. The minimum absolute atomic E-state index is 0.0604. The van der Waals surface area contributed by atoms with E-state index in [0.29, 0.717) is 29.6 Å². The molecule has 0 amide bonds. The Labute approximate surface area is 222 Å². The van der Waals surface area contributed by atoms with Gasteiger partial charge in [-0.3, -0.25) is 24.0 Å². The maximum atomic E-state index is 12.8. The number of ketones is 1. The number of carbonyl (C=O) groups excluding carboxylic acids is 5. The zero-order chi connectivity index (χ0) is 28.6. The van der Waals surface area contributed by atoms with Gasteiger partial charge in [0.15, 0.2) is 18.0 Å². The quantitative estimate of drug-likeness (QED) is 0.259. The topological polar surface area (TPSA) is 132 Å². The van der Waals surface area contributed by atoms with Crippen LogP contribution in [0.1, 0.15) is 60.8 Å². The van der Waals surface area contributed by atoms with E-state index >= 15 is 0 Å². The number of esters is 4. The van der Waals surface area contributed by atoms with Gasteiger partial charge in [0.2, 0.25) is 6.29 Å². The molecule has 2 rings (SSSR count). The van der Waals surface area contributed by atoms with Crippen molar-refractivity contribution in [3.8, 4) is 0 Å². The molecule has 0 radical (unpaired) electrons. The smallest absolute Gasteiger partial charge is 0.305 e. The summed E-state index contributed by atoms with van der Waals surface area (Å²) in [6.45, 7) is 12.7. The van der Waals surface area contributed by atoms with E-state index in [2.05, 4.69) is 6.58 Å². The first-order valence-electron chi connectivity index (χ1n) is 12.3. The average molecular weight is 533 g/mol. The molecule has 0 saturated heterocycles. The maximum Gasteiger partial charge on any atom is 0.305 e. The Morgan fingerprint density at radius 3 is 2.24 bits per heavy atom. The van der Waals surface area contributed by atoms with Gasteiger partial charge in [-0.25, -0.2) is 0 Å². The molecular formula is C28H36O10. The zero-order valence-corrected chi connectivity index (χ0v) is 22.7. The molecule has 5 atom stereocenters. The van der Waals surface area contributed by atoms with Crippen LogP contribution in [0.15, 0.2) is 47.3 Å². The first-order valence-corrected chi connectivity index (χ1v) is 12.3. The molecule has 0 aromatic rings. The van der Waals surface area contributed by atoms with Crippen LogP contribution in [-0.4, -0.2) is 54.8 Å². The van der Waals surface area contributed by atoms with Crippen LogP contribution in [0, 0.1) is 11.8 Å². The highest BCUT2D eigenvalue weighted by atomic mass is 16.7. The molecule has 208 valence electrons. The van der Waals surface area contributed by atoms with Crippen LogP contribution in [0.5, 0.6) is 0 Å². The molecule has 0 saturated carbocycles. The lowest BCUT2D eigenvalue weighted by Crippen LogP contribution is -2.45. The third-order valence-corrected chi connectivity index (χ3v) is 5.97. The van der Waals surface area contributed by atoms with E-state index in [9.17, 15) is 24.0 Å². The number of hydrogen-bond acceptors (Lipinski definition) is 10. The van der Waals surface area contributed by atoms with Crippen LogP contribution in [0.4, 0.5) is 0 Å². The SMILES string of the molecule is C=C1CC(=O)C=C(COC(C)=O)CCC2C(C(OC(C)=O)C(C=C(C)C)OC(C)=O)=COC(OC(C)=O)C12. The first-order chi connectivity index (χ1) is 17.8. The molecule has 0 N–H and O–H groups in total. The molecule has 0 aromatic heterocycles. The molecule has 0 fully saturated rings. The molecule has 10 nitrogen and oxygen atoms in total. The summed E-state index contributed by atoms with van der Waals surface area (Å²) in [6, 6.07) is 0. The Morgan fingerprint density at radius 1 is 1.03 bits per heavy atom. The van der Waals surface area contributed by atoms with E-state index in [-0.39, 0.29) is 18.8 Å². The van der Waals surface area contributed by atoms with Crippen molar-refractivity contribution in [3.63, 3.8) is 0 Å². The van der Waals surface area contributed by atoms with Crippen molar-refractivity contribution in [2.45, 2.75) is 79.3 Å². The molecule has 0 spiro atoms. The van der Waals surface area contributed by atoms with Crippen LogP contribution in [0.25, 0.3) is 0 Å². The van der Waals surface area contributed by atoms with Gasteiger partial charge in [-0.15, -0.1) is 0 Å². The summed E-state index contributed by atoms with van der Waals surface area (Å²) in [7, 11) is 0. The summed E-state index contributed by atoms with van der Waals surface area (Å²) in [5.74, 6) is -3.68. The molecule has 1 heterocycles. The second-order valence-electron chi connectivity index (χ2n) is 9.63. The van der Waals surface area contributed by atoms with Crippen LogP contribution in [-0.2, 0) is 47.7 Å². The summed E-state index contributed by atoms with van der Waals surface area (Å²) in [4.78, 5) is 60.2. The van der Waals surface area contributed by atoms with E-state index < -0.39 is 54.2 Å². The molecule has 5 unspecified atom stereocenters. The number of rotatable bonds is 8. The van der Waals surface area contributed by atoms with Gasteiger partial charge in [0.05, 0.1) is 12.2 Å². The molecule has 0 bridgehead atoms. The predicted molar refractivity (Wildman–Crippen MR) is 135 cm³/mol. The van der Waals surface area contributed by atoms with E-state index in [0.717, 1.165) is 5.57 Å². The Bertz CT molecular complexity index is 1060. The zero-order valence-electron chi connectivity index (χ0n) is 22.7. The second kappa shape index (κ2) is 13.7. The maximum absolute atomic E-state index is 12.8. The van der Waals surface area contributed by atoms with E-state index in [1.165, 1.54) is 40.0 Å². The summed E-state index contributed by atoms with van der Waals surface area (Å²) in [5.41, 5.74) is 2.34. The molecule has 1 aliphatic carbocycles. The third-order valence-electron chi connectivity index (χ3n) is 5.97. The van der Waals surface area contributed by atoms with Gasteiger partial charge >= 0.3 is 23.9 Å². The van der Waals surface area contributed by atoms with Gasteiger partial charge in [0, 0.05) is 45.6 Å². The lowest BCUT2D eigenvalue weighted by atomic mass is 9.74. The lowest BCUT2D eigenvalue weighted by Gasteiger charge is -2.41. The van der Waals surface area contributed by atoms with Gasteiger partial charge in [-0.05, 0) is 44.4 Å². The number of carbonyl (C=O) groups is 5. The van der Waals surface area contributed by atoms with Crippen molar-refractivity contribution < 1.29 is 47.7 Å². The number of ether oxygens (including phenoxy) is 5. The minimum atomic E-state index is -1.08. The van der Waals surface area contributed by atoms with Crippen molar-refractivity contribution in [1.29, 1.82) is 0 Å². The van der Waals surface area contributed by atoms with Crippen molar-refractivity contribution in [2.75, 3.05) is 6.61 Å². The van der Waals surface area contributed by atoms with E-state index in [1.54, 1.807) is 6.08 Å². The Hall–Kier alpha value is -3.69. The summed E-state index contributed by atoms with van der Waals surface area (Å²) < 4.78 is 27.6. The molecule has 38 heavy (non-hydrogen) atoms. The predicted octanol–water partition coefficient (Wildman–Crippen LogP) is 3.65. The van der Waals surface area contributed by atoms with Gasteiger partial charge < -0.3 is 23.7 Å². The summed E-state index contributed by atoms with van der Waals surface area (Å²) in [6.07, 6.45) is 1.99.